The van der Waals surface area contributed by atoms with Gasteiger partial charge in [0, 0.05) is 57.3 Å². The molecule has 6 nitrogen and oxygen atoms in total. The third-order valence-electron chi connectivity index (χ3n) is 4.02. The molecule has 0 saturated heterocycles. The van der Waals surface area contributed by atoms with Crippen LogP contribution in [0.1, 0.15) is 17.0 Å². The number of aliphatic imine (C=N–C) groups is 1. The Morgan fingerprint density at radius 1 is 1.08 bits per heavy atom. The molecule has 0 atom stereocenters. The summed E-state index contributed by atoms with van der Waals surface area (Å²) < 4.78 is 2.07. The van der Waals surface area contributed by atoms with Gasteiger partial charge in [0.25, 0.3) is 0 Å². The number of aromatic nitrogens is 3. The van der Waals surface area contributed by atoms with Crippen LogP contribution in [0.15, 0.2) is 53.9 Å². The predicted molar refractivity (Wildman–Crippen MR) is 116 cm³/mol. The van der Waals surface area contributed by atoms with Crippen LogP contribution in [0.25, 0.3) is 5.65 Å². The molecule has 0 radical (unpaired) electrons. The highest BCUT2D eigenvalue weighted by Gasteiger charge is 2.04. The number of fused-ring (bicyclic) bond motifs is 1. The van der Waals surface area contributed by atoms with Crippen LogP contribution in [0.3, 0.4) is 0 Å². The lowest BCUT2D eigenvalue weighted by atomic mass is 10.3. The molecular formula is C19H25IN6. The molecule has 0 aliphatic rings. The second-order valence-corrected chi connectivity index (χ2v) is 5.90. The lowest BCUT2D eigenvalue weighted by molar-refractivity contribution is 0.771. The van der Waals surface area contributed by atoms with Crippen molar-refractivity contribution in [3.63, 3.8) is 0 Å². The molecule has 0 fully saturated rings. The molecule has 2 N–H and O–H groups in total. The number of hydrogen-bond donors (Lipinski definition) is 2. The Kier molecular flexibility index (Phi) is 7.83. The lowest BCUT2D eigenvalue weighted by Crippen LogP contribution is -2.39. The number of rotatable bonds is 6. The molecule has 0 aliphatic heterocycles. The Balaban J connectivity index is 0.00000243. The second kappa shape index (κ2) is 10.1. The normalized spacial score (nSPS) is 11.2. The summed E-state index contributed by atoms with van der Waals surface area (Å²) in [5.41, 5.74) is 4.36. The van der Waals surface area contributed by atoms with E-state index >= 15 is 0 Å². The summed E-state index contributed by atoms with van der Waals surface area (Å²) in [6.07, 6.45) is 7.65. The number of halogens is 1. The highest BCUT2D eigenvalue weighted by atomic mass is 127. The molecule has 3 aromatic heterocycles. The second-order valence-electron chi connectivity index (χ2n) is 5.90. The fourth-order valence-corrected chi connectivity index (χ4v) is 2.71. The highest BCUT2D eigenvalue weighted by molar-refractivity contribution is 14.0. The molecule has 3 heterocycles. The van der Waals surface area contributed by atoms with Crippen molar-refractivity contribution >= 4 is 35.6 Å². The SMILES string of the molecule is CN=C(NCCc1ccccn1)NCCc1cn2cccc(C)c2n1.I. The van der Waals surface area contributed by atoms with Gasteiger partial charge in [-0.2, -0.15) is 0 Å². The summed E-state index contributed by atoms with van der Waals surface area (Å²) in [7, 11) is 1.78. The van der Waals surface area contributed by atoms with E-state index in [2.05, 4.69) is 44.2 Å². The van der Waals surface area contributed by atoms with Crippen molar-refractivity contribution in [2.24, 2.45) is 4.99 Å². The van der Waals surface area contributed by atoms with Gasteiger partial charge in [0.05, 0.1) is 5.69 Å². The van der Waals surface area contributed by atoms with Crippen LogP contribution in [0.4, 0.5) is 0 Å². The molecule has 0 saturated carbocycles. The number of aryl methyl sites for hydroxylation is 1. The van der Waals surface area contributed by atoms with Crippen molar-refractivity contribution in [1.82, 2.24) is 25.0 Å². The zero-order valence-electron chi connectivity index (χ0n) is 15.1. The Morgan fingerprint density at radius 2 is 1.85 bits per heavy atom. The minimum Gasteiger partial charge on any atom is -0.356 e. The van der Waals surface area contributed by atoms with E-state index in [1.165, 1.54) is 5.56 Å². The van der Waals surface area contributed by atoms with Gasteiger partial charge in [0.15, 0.2) is 5.96 Å². The maximum absolute atomic E-state index is 4.69. The minimum atomic E-state index is 0. The molecule has 0 unspecified atom stereocenters. The van der Waals surface area contributed by atoms with Crippen molar-refractivity contribution in [1.29, 1.82) is 0 Å². The van der Waals surface area contributed by atoms with E-state index in [9.17, 15) is 0 Å². The Morgan fingerprint density at radius 3 is 2.50 bits per heavy atom. The Hall–Kier alpha value is -2.16. The molecule has 0 bridgehead atoms. The smallest absolute Gasteiger partial charge is 0.191 e. The summed E-state index contributed by atoms with van der Waals surface area (Å²) in [6, 6.07) is 10.1. The third kappa shape index (κ3) is 5.42. The van der Waals surface area contributed by atoms with Crippen LogP contribution < -0.4 is 10.6 Å². The summed E-state index contributed by atoms with van der Waals surface area (Å²) >= 11 is 0. The van der Waals surface area contributed by atoms with Crippen LogP contribution >= 0.6 is 24.0 Å². The minimum absolute atomic E-state index is 0. The molecular weight excluding hydrogens is 439 g/mol. The number of guanidine groups is 1. The van der Waals surface area contributed by atoms with Crippen LogP contribution in [-0.2, 0) is 12.8 Å². The number of pyridine rings is 2. The first kappa shape index (κ1) is 20.2. The molecule has 3 aromatic rings. The van der Waals surface area contributed by atoms with Gasteiger partial charge >= 0.3 is 0 Å². The van der Waals surface area contributed by atoms with Crippen LogP contribution in [0.2, 0.25) is 0 Å². The first-order chi connectivity index (χ1) is 12.3. The number of nitrogens with one attached hydrogen (secondary N) is 2. The van der Waals surface area contributed by atoms with Gasteiger partial charge in [-0.05, 0) is 30.7 Å². The number of hydrogen-bond acceptors (Lipinski definition) is 3. The average Bonchev–Trinajstić information content (AvgIpc) is 3.06. The molecule has 0 aliphatic carbocycles. The van der Waals surface area contributed by atoms with Gasteiger partial charge in [-0.3, -0.25) is 9.98 Å². The zero-order chi connectivity index (χ0) is 17.5. The van der Waals surface area contributed by atoms with E-state index in [-0.39, 0.29) is 24.0 Å². The van der Waals surface area contributed by atoms with Crippen molar-refractivity contribution in [3.8, 4) is 0 Å². The fraction of sp³-hybridized carbons (Fsp3) is 0.316. The van der Waals surface area contributed by atoms with Crippen molar-refractivity contribution < 1.29 is 0 Å². The van der Waals surface area contributed by atoms with Crippen molar-refractivity contribution in [2.45, 2.75) is 19.8 Å². The summed E-state index contributed by atoms with van der Waals surface area (Å²) in [6.45, 7) is 3.66. The van der Waals surface area contributed by atoms with Crippen molar-refractivity contribution in [2.75, 3.05) is 20.1 Å². The fourth-order valence-electron chi connectivity index (χ4n) is 2.71. The standard InChI is InChI=1S/C19H24N6.HI/c1-15-6-5-13-25-14-17(24-18(15)25)9-12-23-19(20-2)22-11-8-16-7-3-4-10-21-16;/h3-7,10,13-14H,8-9,11-12H2,1-2H3,(H2,20,22,23);1H. The van der Waals surface area contributed by atoms with E-state index in [1.54, 1.807) is 7.05 Å². The van der Waals surface area contributed by atoms with Gasteiger partial charge in [0.2, 0.25) is 0 Å². The van der Waals surface area contributed by atoms with E-state index in [0.717, 1.165) is 48.9 Å². The average molecular weight is 464 g/mol. The Bertz CT molecular complexity index is 844. The topological polar surface area (TPSA) is 66.6 Å². The van der Waals surface area contributed by atoms with Crippen LogP contribution in [0.5, 0.6) is 0 Å². The predicted octanol–water partition coefficient (Wildman–Crippen LogP) is 2.61. The maximum atomic E-state index is 4.69. The molecule has 7 heteroatoms. The monoisotopic (exact) mass is 464 g/mol. The lowest BCUT2D eigenvalue weighted by Gasteiger charge is -2.11. The third-order valence-corrected chi connectivity index (χ3v) is 4.02. The number of imidazole rings is 1. The van der Waals surface area contributed by atoms with Gasteiger partial charge < -0.3 is 15.0 Å². The maximum Gasteiger partial charge on any atom is 0.191 e. The Labute approximate surface area is 171 Å². The number of nitrogens with zero attached hydrogens (tertiary/aromatic N) is 4. The molecule has 0 amide bonds. The van der Waals surface area contributed by atoms with Crippen LogP contribution in [0, 0.1) is 6.92 Å². The summed E-state index contributed by atoms with van der Waals surface area (Å²) in [5.74, 6) is 0.802. The summed E-state index contributed by atoms with van der Waals surface area (Å²) in [4.78, 5) is 13.3. The summed E-state index contributed by atoms with van der Waals surface area (Å²) in [5, 5.41) is 6.65. The van der Waals surface area contributed by atoms with E-state index in [0.29, 0.717) is 0 Å². The zero-order valence-corrected chi connectivity index (χ0v) is 17.5. The van der Waals surface area contributed by atoms with E-state index < -0.39 is 0 Å². The van der Waals surface area contributed by atoms with Gasteiger partial charge in [-0.15, -0.1) is 24.0 Å². The van der Waals surface area contributed by atoms with E-state index in [1.807, 2.05) is 36.7 Å². The highest BCUT2D eigenvalue weighted by Crippen LogP contribution is 2.09. The molecule has 138 valence electrons. The van der Waals surface area contributed by atoms with Crippen molar-refractivity contribution in [3.05, 3.63) is 65.9 Å². The first-order valence-electron chi connectivity index (χ1n) is 8.54. The van der Waals surface area contributed by atoms with E-state index in [4.69, 9.17) is 4.98 Å². The molecule has 0 spiro atoms. The van der Waals surface area contributed by atoms with Gasteiger partial charge in [-0.25, -0.2) is 4.98 Å². The first-order valence-corrected chi connectivity index (χ1v) is 8.54. The largest absolute Gasteiger partial charge is 0.356 e. The van der Waals surface area contributed by atoms with Gasteiger partial charge in [0.1, 0.15) is 5.65 Å². The van der Waals surface area contributed by atoms with Crippen LogP contribution in [-0.4, -0.2) is 40.5 Å². The molecule has 26 heavy (non-hydrogen) atoms. The van der Waals surface area contributed by atoms with Gasteiger partial charge in [-0.1, -0.05) is 12.1 Å². The molecule has 0 aromatic carbocycles. The molecule has 3 rings (SSSR count). The quantitative estimate of drug-likeness (QED) is 0.335.